The SMILES string of the molecule is CCCC(CNC(=O)OCC1c2ccccc2-c2ccccc21)C(=O)NC(CC(F)(F)F)C(=O)O. The lowest BCUT2D eigenvalue weighted by Crippen LogP contribution is -2.48. The van der Waals surface area contributed by atoms with E-state index in [0.29, 0.717) is 6.42 Å². The summed E-state index contributed by atoms with van der Waals surface area (Å²) in [5.41, 5.74) is 4.22. The second kappa shape index (κ2) is 11.2. The molecule has 10 heteroatoms. The number of fused-ring (bicyclic) bond motifs is 3. The molecule has 35 heavy (non-hydrogen) atoms. The van der Waals surface area contributed by atoms with Gasteiger partial charge in [0, 0.05) is 12.5 Å². The monoisotopic (exact) mass is 492 g/mol. The average molecular weight is 492 g/mol. The molecule has 7 nitrogen and oxygen atoms in total. The number of carboxylic acids is 1. The van der Waals surface area contributed by atoms with Gasteiger partial charge in [0.1, 0.15) is 12.6 Å². The number of amides is 2. The highest BCUT2D eigenvalue weighted by Crippen LogP contribution is 2.44. The molecule has 2 aromatic rings. The lowest BCUT2D eigenvalue weighted by atomic mass is 9.98. The Bertz CT molecular complexity index is 1030. The van der Waals surface area contributed by atoms with E-state index < -0.39 is 42.5 Å². The molecule has 188 valence electrons. The van der Waals surface area contributed by atoms with Crippen molar-refractivity contribution in [3.63, 3.8) is 0 Å². The molecule has 0 aromatic heterocycles. The molecular weight excluding hydrogens is 465 g/mol. The molecule has 0 heterocycles. The molecule has 0 saturated heterocycles. The van der Waals surface area contributed by atoms with Gasteiger partial charge in [0.15, 0.2) is 0 Å². The van der Waals surface area contributed by atoms with Gasteiger partial charge >= 0.3 is 18.2 Å². The Morgan fingerprint density at radius 2 is 1.60 bits per heavy atom. The highest BCUT2D eigenvalue weighted by molar-refractivity contribution is 5.85. The van der Waals surface area contributed by atoms with Crippen molar-refractivity contribution in [2.24, 2.45) is 5.92 Å². The van der Waals surface area contributed by atoms with E-state index in [9.17, 15) is 27.6 Å². The van der Waals surface area contributed by atoms with E-state index >= 15 is 0 Å². The molecule has 0 bridgehead atoms. The second-order valence-electron chi connectivity index (χ2n) is 8.41. The Morgan fingerprint density at radius 1 is 1.03 bits per heavy atom. The third-order valence-corrected chi connectivity index (χ3v) is 5.89. The number of carbonyl (C=O) groups excluding carboxylic acids is 2. The van der Waals surface area contributed by atoms with Gasteiger partial charge in [-0.05, 0) is 28.7 Å². The Balaban J connectivity index is 1.57. The largest absolute Gasteiger partial charge is 0.480 e. The van der Waals surface area contributed by atoms with Crippen LogP contribution in [0.4, 0.5) is 18.0 Å². The van der Waals surface area contributed by atoms with Gasteiger partial charge in [0.25, 0.3) is 0 Å². The van der Waals surface area contributed by atoms with E-state index in [1.807, 2.05) is 53.8 Å². The first-order chi connectivity index (χ1) is 16.6. The first kappa shape index (κ1) is 26.1. The third-order valence-electron chi connectivity index (χ3n) is 5.89. The number of hydrogen-bond acceptors (Lipinski definition) is 4. The first-order valence-electron chi connectivity index (χ1n) is 11.3. The molecule has 0 radical (unpaired) electrons. The minimum Gasteiger partial charge on any atom is -0.480 e. The number of aliphatic carboxylic acids is 1. The summed E-state index contributed by atoms with van der Waals surface area (Å²) in [6.07, 6.45) is -6.47. The summed E-state index contributed by atoms with van der Waals surface area (Å²) in [5, 5.41) is 13.4. The normalized spacial score (nSPS) is 14.4. The number of ether oxygens (including phenoxy) is 1. The van der Waals surface area contributed by atoms with Crippen LogP contribution in [0.2, 0.25) is 0 Å². The third kappa shape index (κ3) is 6.74. The summed E-state index contributed by atoms with van der Waals surface area (Å²) in [4.78, 5) is 36.0. The number of alkyl carbamates (subject to hydrolysis) is 1. The number of rotatable bonds is 10. The molecule has 3 rings (SSSR count). The predicted molar refractivity (Wildman–Crippen MR) is 122 cm³/mol. The van der Waals surface area contributed by atoms with E-state index in [4.69, 9.17) is 9.84 Å². The maximum atomic E-state index is 12.6. The molecule has 0 saturated carbocycles. The van der Waals surface area contributed by atoms with Crippen molar-refractivity contribution < 1.29 is 37.4 Å². The maximum Gasteiger partial charge on any atom is 0.407 e. The van der Waals surface area contributed by atoms with Crippen LogP contribution in [0.25, 0.3) is 11.1 Å². The smallest absolute Gasteiger partial charge is 0.407 e. The van der Waals surface area contributed by atoms with Crippen molar-refractivity contribution in [3.05, 3.63) is 59.7 Å². The van der Waals surface area contributed by atoms with Crippen LogP contribution in [0, 0.1) is 5.92 Å². The van der Waals surface area contributed by atoms with Gasteiger partial charge in [-0.3, -0.25) is 4.79 Å². The standard InChI is InChI=1S/C25H27F3N2O5/c1-2-7-15(22(31)30-21(23(32)33)12-25(26,27)28)13-29-24(34)35-14-20-18-10-5-3-8-16(18)17-9-4-6-11-19(17)20/h3-6,8-11,15,20-21H,2,7,12-14H2,1H3,(H,29,34)(H,30,31)(H,32,33). The minimum atomic E-state index is -4.75. The van der Waals surface area contributed by atoms with E-state index in [2.05, 4.69) is 5.32 Å². The summed E-state index contributed by atoms with van der Waals surface area (Å²) in [5.74, 6) is -3.71. The number of carbonyl (C=O) groups is 3. The molecule has 3 N–H and O–H groups in total. The van der Waals surface area contributed by atoms with Crippen LogP contribution in [0.3, 0.4) is 0 Å². The van der Waals surface area contributed by atoms with Gasteiger partial charge in [-0.15, -0.1) is 0 Å². The maximum absolute atomic E-state index is 12.6. The zero-order valence-corrected chi connectivity index (χ0v) is 19.1. The quantitative estimate of drug-likeness (QED) is 0.454. The van der Waals surface area contributed by atoms with Crippen LogP contribution in [0.5, 0.6) is 0 Å². The molecule has 1 aliphatic carbocycles. The van der Waals surface area contributed by atoms with Crippen LogP contribution in [-0.4, -0.2) is 48.4 Å². The summed E-state index contributed by atoms with van der Waals surface area (Å²) in [6.45, 7) is 1.63. The van der Waals surface area contributed by atoms with Gasteiger partial charge in [-0.1, -0.05) is 61.9 Å². The van der Waals surface area contributed by atoms with Crippen molar-refractivity contribution in [2.75, 3.05) is 13.2 Å². The fraction of sp³-hybridized carbons (Fsp3) is 0.400. The summed E-state index contributed by atoms with van der Waals surface area (Å²) < 4.78 is 43.3. The lowest BCUT2D eigenvalue weighted by Gasteiger charge is -2.21. The predicted octanol–water partition coefficient (Wildman–Crippen LogP) is 4.46. The summed E-state index contributed by atoms with van der Waals surface area (Å²) in [6, 6.07) is 13.6. The van der Waals surface area contributed by atoms with Gasteiger partial charge in [0.05, 0.1) is 12.3 Å². The van der Waals surface area contributed by atoms with Crippen LogP contribution in [-0.2, 0) is 14.3 Å². The van der Waals surface area contributed by atoms with Crippen molar-refractivity contribution in [2.45, 2.75) is 44.3 Å². The number of alkyl halides is 3. The van der Waals surface area contributed by atoms with Crippen LogP contribution in [0.1, 0.15) is 43.2 Å². The highest BCUT2D eigenvalue weighted by atomic mass is 19.4. The molecule has 2 amide bonds. The zero-order chi connectivity index (χ0) is 25.6. The summed E-state index contributed by atoms with van der Waals surface area (Å²) >= 11 is 0. The lowest BCUT2D eigenvalue weighted by molar-refractivity contribution is -0.160. The van der Waals surface area contributed by atoms with Gasteiger partial charge < -0.3 is 20.5 Å². The molecule has 0 fully saturated rings. The van der Waals surface area contributed by atoms with E-state index in [1.165, 1.54) is 0 Å². The van der Waals surface area contributed by atoms with Crippen LogP contribution in [0.15, 0.2) is 48.5 Å². The molecule has 1 aliphatic rings. The topological polar surface area (TPSA) is 105 Å². The highest BCUT2D eigenvalue weighted by Gasteiger charge is 2.37. The van der Waals surface area contributed by atoms with E-state index in [-0.39, 0.29) is 25.5 Å². The van der Waals surface area contributed by atoms with Crippen LogP contribution >= 0.6 is 0 Å². The molecule has 2 atom stereocenters. The van der Waals surface area contributed by atoms with Gasteiger partial charge in [-0.2, -0.15) is 13.2 Å². The number of benzene rings is 2. The minimum absolute atomic E-state index is 0.0666. The van der Waals surface area contributed by atoms with Gasteiger partial charge in [-0.25, -0.2) is 9.59 Å². The molecule has 2 unspecified atom stereocenters. The van der Waals surface area contributed by atoms with Crippen molar-refractivity contribution in [1.82, 2.24) is 10.6 Å². The number of hydrogen-bond donors (Lipinski definition) is 3. The van der Waals surface area contributed by atoms with Crippen molar-refractivity contribution in [3.8, 4) is 11.1 Å². The molecule has 0 spiro atoms. The molecule has 0 aliphatic heterocycles. The number of halogens is 3. The second-order valence-corrected chi connectivity index (χ2v) is 8.41. The zero-order valence-electron chi connectivity index (χ0n) is 19.1. The first-order valence-corrected chi connectivity index (χ1v) is 11.3. The van der Waals surface area contributed by atoms with Gasteiger partial charge in [0.2, 0.25) is 5.91 Å². The summed E-state index contributed by atoms with van der Waals surface area (Å²) in [7, 11) is 0. The average Bonchev–Trinajstić information content (AvgIpc) is 3.12. The fourth-order valence-corrected chi connectivity index (χ4v) is 4.25. The Morgan fingerprint density at radius 3 is 2.11 bits per heavy atom. The van der Waals surface area contributed by atoms with Crippen molar-refractivity contribution in [1.29, 1.82) is 0 Å². The molecular formula is C25H27F3N2O5. The van der Waals surface area contributed by atoms with E-state index in [1.54, 1.807) is 6.92 Å². The number of nitrogens with one attached hydrogen (secondary N) is 2. The van der Waals surface area contributed by atoms with Crippen molar-refractivity contribution >= 4 is 18.0 Å². The Labute approximate surface area is 200 Å². The van der Waals surface area contributed by atoms with Crippen LogP contribution < -0.4 is 10.6 Å². The fourth-order valence-electron chi connectivity index (χ4n) is 4.25. The Kier molecular flexibility index (Phi) is 8.37. The molecule has 2 aromatic carbocycles. The Hall–Kier alpha value is -3.56. The number of carboxylic acid groups (broad SMARTS) is 1. The van der Waals surface area contributed by atoms with E-state index in [0.717, 1.165) is 22.3 Å².